The minimum absolute atomic E-state index is 0.368. The van der Waals surface area contributed by atoms with Crippen LogP contribution in [0.5, 0.6) is 17.2 Å². The lowest BCUT2D eigenvalue weighted by Gasteiger charge is -2.26. The van der Waals surface area contributed by atoms with E-state index in [1.807, 2.05) is 30.3 Å². The van der Waals surface area contributed by atoms with Crippen molar-refractivity contribution in [3.63, 3.8) is 0 Å². The number of guanidine groups is 1. The van der Waals surface area contributed by atoms with Gasteiger partial charge in [0.1, 0.15) is 29.5 Å². The van der Waals surface area contributed by atoms with Gasteiger partial charge in [-0.2, -0.15) is 0 Å². The summed E-state index contributed by atoms with van der Waals surface area (Å²) in [6.07, 6.45) is 0. The van der Waals surface area contributed by atoms with Crippen LogP contribution in [-0.4, -0.2) is 45.2 Å². The third-order valence-electron chi connectivity index (χ3n) is 3.97. The Kier molecular flexibility index (Phi) is 6.48. The molecule has 0 bridgehead atoms. The van der Waals surface area contributed by atoms with Crippen molar-refractivity contribution in [2.45, 2.75) is 6.61 Å². The van der Waals surface area contributed by atoms with Gasteiger partial charge < -0.3 is 19.9 Å². The van der Waals surface area contributed by atoms with E-state index < -0.39 is 6.03 Å². The molecule has 0 aliphatic rings. The number of carbonyl (C=O) groups excluding carboxylic acids is 1. The smallest absolute Gasteiger partial charge is 0.330 e. The fourth-order valence-corrected chi connectivity index (χ4v) is 2.45. The summed E-state index contributed by atoms with van der Waals surface area (Å²) < 4.78 is 16.7. The van der Waals surface area contributed by atoms with Crippen molar-refractivity contribution >= 4 is 17.7 Å². The van der Waals surface area contributed by atoms with Gasteiger partial charge in [-0.15, -0.1) is 0 Å². The molecule has 0 heterocycles. The summed E-state index contributed by atoms with van der Waals surface area (Å²) in [5, 5.41) is 7.43. The maximum absolute atomic E-state index is 12.5. The molecule has 2 aromatic carbocycles. The molecule has 0 radical (unpaired) electrons. The molecule has 8 nitrogen and oxygen atoms in total. The van der Waals surface area contributed by atoms with Crippen LogP contribution in [0.1, 0.15) is 5.56 Å². The van der Waals surface area contributed by atoms with Crippen LogP contribution in [0.3, 0.4) is 0 Å². The third-order valence-corrected chi connectivity index (χ3v) is 3.97. The summed E-state index contributed by atoms with van der Waals surface area (Å²) in [4.78, 5) is 14.8. The van der Waals surface area contributed by atoms with Gasteiger partial charge in [-0.1, -0.05) is 30.3 Å². The normalized spacial score (nSPS) is 10.1. The first-order valence-corrected chi connectivity index (χ1v) is 8.17. The fraction of sp³-hybridized carbons (Fsp3) is 0.263. The van der Waals surface area contributed by atoms with Crippen LogP contribution in [-0.2, 0) is 6.61 Å². The number of carbonyl (C=O) groups is 1. The van der Waals surface area contributed by atoms with Gasteiger partial charge in [-0.25, -0.2) is 4.79 Å². The van der Waals surface area contributed by atoms with E-state index in [2.05, 4.69) is 0 Å². The van der Waals surface area contributed by atoms with Crippen LogP contribution in [0, 0.1) is 5.41 Å². The van der Waals surface area contributed by atoms with Gasteiger partial charge >= 0.3 is 6.03 Å². The lowest BCUT2D eigenvalue weighted by Crippen LogP contribution is -2.45. The van der Waals surface area contributed by atoms with E-state index in [0.717, 1.165) is 10.5 Å². The van der Waals surface area contributed by atoms with Gasteiger partial charge in [-0.3, -0.25) is 15.2 Å². The fourth-order valence-electron chi connectivity index (χ4n) is 2.45. The lowest BCUT2D eigenvalue weighted by molar-refractivity contribution is 0.233. The Morgan fingerprint density at radius 1 is 1.07 bits per heavy atom. The number of nitrogens with zero attached hydrogens (tertiary/aromatic N) is 2. The predicted molar refractivity (Wildman–Crippen MR) is 104 cm³/mol. The average Bonchev–Trinajstić information content (AvgIpc) is 2.70. The Balaban J connectivity index is 2.32. The molecule has 0 atom stereocenters. The highest BCUT2D eigenvalue weighted by Gasteiger charge is 2.25. The Hall–Kier alpha value is -3.42. The van der Waals surface area contributed by atoms with Gasteiger partial charge in [0.05, 0.1) is 14.2 Å². The van der Waals surface area contributed by atoms with E-state index in [-0.39, 0.29) is 5.96 Å². The van der Waals surface area contributed by atoms with Gasteiger partial charge in [0, 0.05) is 26.2 Å². The molecule has 2 amide bonds. The second-order valence-electron chi connectivity index (χ2n) is 5.74. The van der Waals surface area contributed by atoms with Gasteiger partial charge in [-0.05, 0) is 5.56 Å². The molecule has 0 aromatic heterocycles. The number of methoxy groups -OCH3 is 2. The van der Waals surface area contributed by atoms with Crippen molar-refractivity contribution < 1.29 is 19.0 Å². The summed E-state index contributed by atoms with van der Waals surface area (Å²) in [6, 6.07) is 12.6. The van der Waals surface area contributed by atoms with Crippen LogP contribution >= 0.6 is 0 Å². The molecule has 0 aliphatic heterocycles. The maximum Gasteiger partial charge on any atom is 0.330 e. The Labute approximate surface area is 158 Å². The molecule has 0 saturated heterocycles. The van der Waals surface area contributed by atoms with E-state index in [4.69, 9.17) is 25.4 Å². The first-order valence-electron chi connectivity index (χ1n) is 8.17. The van der Waals surface area contributed by atoms with Gasteiger partial charge in [0.2, 0.25) is 0 Å². The number of amides is 2. The molecule has 0 saturated carbocycles. The molecule has 0 spiro atoms. The van der Waals surface area contributed by atoms with Crippen molar-refractivity contribution in [2.24, 2.45) is 5.73 Å². The minimum Gasteiger partial charge on any atom is -0.494 e. The van der Waals surface area contributed by atoms with Crippen molar-refractivity contribution in [1.82, 2.24) is 4.90 Å². The summed E-state index contributed by atoms with van der Waals surface area (Å²) in [5.74, 6) is 0.958. The molecule has 0 aliphatic carbocycles. The van der Waals surface area contributed by atoms with E-state index in [1.165, 1.54) is 26.2 Å². The highest BCUT2D eigenvalue weighted by atomic mass is 16.5. The number of ether oxygens (including phenoxy) is 3. The van der Waals surface area contributed by atoms with Crippen molar-refractivity contribution in [3.8, 4) is 17.2 Å². The summed E-state index contributed by atoms with van der Waals surface area (Å²) >= 11 is 0. The summed E-state index contributed by atoms with van der Waals surface area (Å²) in [6.45, 7) is 0.383. The Morgan fingerprint density at radius 2 is 1.63 bits per heavy atom. The standard InChI is InChI=1S/C19H24N4O4/c1-22(19(24)23(2)18(20)21)17-15(25-3)10-14(11-16(17)26-4)27-12-13-8-6-5-7-9-13/h5-11H,12H2,1-4H3,(H3,20,21). The largest absolute Gasteiger partial charge is 0.494 e. The quantitative estimate of drug-likeness (QED) is 0.600. The zero-order valence-corrected chi connectivity index (χ0v) is 15.9. The average molecular weight is 372 g/mol. The highest BCUT2D eigenvalue weighted by molar-refractivity contribution is 6.03. The third kappa shape index (κ3) is 4.60. The van der Waals surface area contributed by atoms with Crippen LogP contribution in [0.25, 0.3) is 0 Å². The van der Waals surface area contributed by atoms with Crippen LogP contribution < -0.4 is 24.8 Å². The number of benzene rings is 2. The number of hydrogen-bond acceptors (Lipinski definition) is 5. The molecule has 3 N–H and O–H groups in total. The zero-order valence-electron chi connectivity index (χ0n) is 15.9. The lowest BCUT2D eigenvalue weighted by atomic mass is 10.2. The van der Waals surface area contributed by atoms with E-state index in [1.54, 1.807) is 19.2 Å². The predicted octanol–water partition coefficient (Wildman–Crippen LogP) is 2.66. The van der Waals surface area contributed by atoms with Crippen molar-refractivity contribution in [2.75, 3.05) is 33.2 Å². The topological polar surface area (TPSA) is 101 Å². The summed E-state index contributed by atoms with van der Waals surface area (Å²) in [5.41, 5.74) is 6.82. The molecule has 27 heavy (non-hydrogen) atoms. The molecule has 2 rings (SSSR count). The number of urea groups is 1. The Bertz CT molecular complexity index is 786. The molecular formula is C19H24N4O4. The molecule has 0 fully saturated rings. The number of anilines is 1. The van der Waals surface area contributed by atoms with E-state index in [0.29, 0.717) is 29.5 Å². The number of nitrogens with two attached hydrogens (primary N) is 1. The zero-order chi connectivity index (χ0) is 20.0. The van der Waals surface area contributed by atoms with Crippen molar-refractivity contribution in [1.29, 1.82) is 5.41 Å². The van der Waals surface area contributed by atoms with Crippen molar-refractivity contribution in [3.05, 3.63) is 48.0 Å². The molecule has 144 valence electrons. The van der Waals surface area contributed by atoms with Gasteiger partial charge in [0.25, 0.3) is 0 Å². The molecule has 8 heteroatoms. The number of nitrogens with one attached hydrogen (secondary N) is 1. The summed E-state index contributed by atoms with van der Waals surface area (Å²) in [7, 11) is 5.95. The highest BCUT2D eigenvalue weighted by Crippen LogP contribution is 2.41. The van der Waals surface area contributed by atoms with Crippen LogP contribution in [0.15, 0.2) is 42.5 Å². The Morgan fingerprint density at radius 3 is 2.11 bits per heavy atom. The van der Waals surface area contributed by atoms with Crippen LogP contribution in [0.2, 0.25) is 0 Å². The molecule has 0 unspecified atom stereocenters. The number of rotatable bonds is 6. The number of hydrogen-bond donors (Lipinski definition) is 2. The van der Waals surface area contributed by atoms with Crippen LogP contribution in [0.4, 0.5) is 10.5 Å². The minimum atomic E-state index is -0.503. The van der Waals surface area contributed by atoms with E-state index in [9.17, 15) is 4.79 Å². The molecular weight excluding hydrogens is 348 g/mol. The monoisotopic (exact) mass is 372 g/mol. The second kappa shape index (κ2) is 8.79. The first-order chi connectivity index (χ1) is 12.9. The second-order valence-corrected chi connectivity index (χ2v) is 5.74. The molecule has 2 aromatic rings. The van der Waals surface area contributed by atoms with Gasteiger partial charge in [0.15, 0.2) is 5.96 Å². The first kappa shape index (κ1) is 19.9. The SMILES string of the molecule is COc1cc(OCc2ccccc2)cc(OC)c1N(C)C(=O)N(C)C(=N)N. The van der Waals surface area contributed by atoms with E-state index >= 15 is 0 Å². The maximum atomic E-state index is 12.5.